The molecule has 0 unspecified atom stereocenters. The smallest absolute Gasteiger partial charge is 0.328 e. The highest BCUT2D eigenvalue weighted by Crippen LogP contribution is 2.28. The average Bonchev–Trinajstić information content (AvgIpc) is 2.48. The van der Waals surface area contributed by atoms with Crippen LogP contribution in [0.3, 0.4) is 0 Å². The molecule has 21 heavy (non-hydrogen) atoms. The number of aromatic hydroxyl groups is 2. The second-order valence-corrected chi connectivity index (χ2v) is 4.17. The van der Waals surface area contributed by atoms with Crippen LogP contribution in [0.15, 0.2) is 54.6 Å². The highest BCUT2D eigenvalue weighted by atomic mass is 16.5. The van der Waals surface area contributed by atoms with Crippen LogP contribution >= 0.6 is 0 Å². The Morgan fingerprint density at radius 3 is 2.24 bits per heavy atom. The van der Waals surface area contributed by atoms with Gasteiger partial charge in [-0.05, 0) is 24.3 Å². The van der Waals surface area contributed by atoms with Gasteiger partial charge in [0.15, 0.2) is 5.82 Å². The summed E-state index contributed by atoms with van der Waals surface area (Å²) in [7, 11) is 0. The summed E-state index contributed by atoms with van der Waals surface area (Å²) >= 11 is 0. The van der Waals surface area contributed by atoms with E-state index in [-0.39, 0.29) is 17.6 Å². The van der Waals surface area contributed by atoms with Crippen LogP contribution in [-0.4, -0.2) is 25.2 Å². The van der Waals surface area contributed by atoms with Gasteiger partial charge in [0.05, 0.1) is 5.56 Å². The maximum Gasteiger partial charge on any atom is 0.328 e. The Balaban J connectivity index is 1.99. The molecule has 6 nitrogen and oxygen atoms in total. The number of benzene rings is 2. The quantitative estimate of drug-likeness (QED) is 0.767. The summed E-state index contributed by atoms with van der Waals surface area (Å²) in [5.74, 6) is 0.673. The molecule has 1 heterocycles. The molecule has 6 heteroatoms. The second-order valence-electron chi connectivity index (χ2n) is 4.17. The fourth-order valence-corrected chi connectivity index (χ4v) is 1.77. The molecule has 3 rings (SSSR count). The largest absolute Gasteiger partial charge is 0.507 e. The predicted octanol–water partition coefficient (Wildman–Crippen LogP) is 2.74. The molecule has 0 aliphatic heterocycles. The summed E-state index contributed by atoms with van der Waals surface area (Å²) in [6, 6.07) is 15.0. The Bertz CT molecular complexity index is 763. The van der Waals surface area contributed by atoms with Gasteiger partial charge >= 0.3 is 12.0 Å². The lowest BCUT2D eigenvalue weighted by Gasteiger charge is -2.06. The van der Waals surface area contributed by atoms with Crippen LogP contribution in [0.1, 0.15) is 0 Å². The number of nitrogens with zero attached hydrogens (tertiary/aromatic N) is 3. The molecular formula is C15H11N3O3. The van der Waals surface area contributed by atoms with Crippen molar-refractivity contribution in [3.05, 3.63) is 54.6 Å². The minimum absolute atomic E-state index is 0.00811. The molecule has 0 aliphatic rings. The summed E-state index contributed by atoms with van der Waals surface area (Å²) in [5.41, 5.74) is 0.383. The van der Waals surface area contributed by atoms with Crippen LogP contribution in [0.2, 0.25) is 0 Å². The van der Waals surface area contributed by atoms with Gasteiger partial charge in [0, 0.05) is 0 Å². The van der Waals surface area contributed by atoms with Crippen molar-refractivity contribution >= 4 is 0 Å². The topological polar surface area (TPSA) is 88.4 Å². The van der Waals surface area contributed by atoms with Gasteiger partial charge in [0.1, 0.15) is 11.5 Å². The summed E-state index contributed by atoms with van der Waals surface area (Å²) in [6.45, 7) is 0. The van der Waals surface area contributed by atoms with Gasteiger partial charge in [0.25, 0.3) is 0 Å². The maximum atomic E-state index is 9.81. The molecule has 0 amide bonds. The van der Waals surface area contributed by atoms with Crippen molar-refractivity contribution in [3.63, 3.8) is 0 Å². The van der Waals surface area contributed by atoms with Gasteiger partial charge in [-0.3, -0.25) is 0 Å². The van der Waals surface area contributed by atoms with E-state index in [1.807, 2.05) is 6.07 Å². The summed E-state index contributed by atoms with van der Waals surface area (Å²) < 4.78 is 5.46. The number of phenolic OH excluding ortho intramolecular Hbond substituents is 1. The van der Waals surface area contributed by atoms with Crippen molar-refractivity contribution in [1.82, 2.24) is 15.0 Å². The molecule has 2 N–H and O–H groups in total. The number of phenols is 1. The maximum absolute atomic E-state index is 9.81. The lowest BCUT2D eigenvalue weighted by Crippen LogP contribution is -1.97. The van der Waals surface area contributed by atoms with E-state index in [1.54, 1.807) is 42.5 Å². The molecule has 0 radical (unpaired) electrons. The predicted molar refractivity (Wildman–Crippen MR) is 75.1 cm³/mol. The summed E-state index contributed by atoms with van der Waals surface area (Å²) in [4.78, 5) is 11.6. The number of ether oxygens (including phenoxy) is 1. The lowest BCUT2D eigenvalue weighted by atomic mass is 10.2. The molecule has 0 aliphatic carbocycles. The van der Waals surface area contributed by atoms with Gasteiger partial charge in [0.2, 0.25) is 0 Å². The zero-order valence-corrected chi connectivity index (χ0v) is 10.8. The number of rotatable bonds is 3. The van der Waals surface area contributed by atoms with Crippen LogP contribution in [0.5, 0.6) is 23.5 Å². The molecule has 104 valence electrons. The molecule has 0 saturated heterocycles. The molecule has 0 atom stereocenters. The molecule has 1 aromatic heterocycles. The highest BCUT2D eigenvalue weighted by molar-refractivity contribution is 5.63. The first-order chi connectivity index (χ1) is 10.2. The van der Waals surface area contributed by atoms with Crippen LogP contribution in [0, 0.1) is 0 Å². The highest BCUT2D eigenvalue weighted by Gasteiger charge is 2.12. The van der Waals surface area contributed by atoms with E-state index < -0.39 is 6.01 Å². The zero-order valence-electron chi connectivity index (χ0n) is 10.8. The van der Waals surface area contributed by atoms with Crippen molar-refractivity contribution in [2.24, 2.45) is 0 Å². The minimum atomic E-state index is -0.478. The van der Waals surface area contributed by atoms with E-state index in [0.29, 0.717) is 11.3 Å². The van der Waals surface area contributed by atoms with E-state index in [4.69, 9.17) is 4.74 Å². The van der Waals surface area contributed by atoms with Crippen LogP contribution in [0.25, 0.3) is 11.4 Å². The Hall–Kier alpha value is -3.15. The fourth-order valence-electron chi connectivity index (χ4n) is 1.77. The monoisotopic (exact) mass is 281 g/mol. The second kappa shape index (κ2) is 5.46. The number of hydrogen-bond donors (Lipinski definition) is 2. The van der Waals surface area contributed by atoms with E-state index in [9.17, 15) is 10.2 Å². The zero-order chi connectivity index (χ0) is 14.7. The van der Waals surface area contributed by atoms with Gasteiger partial charge < -0.3 is 14.9 Å². The van der Waals surface area contributed by atoms with Crippen molar-refractivity contribution in [1.29, 1.82) is 0 Å². The molecule has 0 bridgehead atoms. The third-order valence-electron chi connectivity index (χ3n) is 2.70. The third kappa shape index (κ3) is 2.89. The van der Waals surface area contributed by atoms with Gasteiger partial charge in [-0.1, -0.05) is 30.3 Å². The molecular weight excluding hydrogens is 270 g/mol. The Morgan fingerprint density at radius 1 is 0.762 bits per heavy atom. The van der Waals surface area contributed by atoms with Gasteiger partial charge in [-0.15, -0.1) is 4.98 Å². The van der Waals surface area contributed by atoms with Crippen LogP contribution < -0.4 is 4.74 Å². The van der Waals surface area contributed by atoms with Crippen molar-refractivity contribution in [2.45, 2.75) is 0 Å². The minimum Gasteiger partial charge on any atom is -0.507 e. The van der Waals surface area contributed by atoms with E-state index in [2.05, 4.69) is 15.0 Å². The van der Waals surface area contributed by atoms with E-state index in [0.717, 1.165) is 0 Å². The number of para-hydroxylation sites is 2. The van der Waals surface area contributed by atoms with Crippen LogP contribution in [0.4, 0.5) is 0 Å². The Morgan fingerprint density at radius 2 is 1.48 bits per heavy atom. The molecule has 0 saturated carbocycles. The first-order valence-corrected chi connectivity index (χ1v) is 6.19. The van der Waals surface area contributed by atoms with Crippen molar-refractivity contribution < 1.29 is 14.9 Å². The lowest BCUT2D eigenvalue weighted by molar-refractivity contribution is 0.390. The molecule has 0 fully saturated rings. The van der Waals surface area contributed by atoms with E-state index >= 15 is 0 Å². The fraction of sp³-hybridized carbons (Fsp3) is 0. The first-order valence-electron chi connectivity index (χ1n) is 6.19. The molecule has 0 spiro atoms. The van der Waals surface area contributed by atoms with Crippen molar-refractivity contribution in [2.75, 3.05) is 0 Å². The summed E-state index contributed by atoms with van der Waals surface area (Å²) in [6.07, 6.45) is 0. The third-order valence-corrected chi connectivity index (χ3v) is 2.70. The molecule has 3 aromatic rings. The summed E-state index contributed by atoms with van der Waals surface area (Å²) in [5, 5.41) is 19.4. The van der Waals surface area contributed by atoms with Crippen molar-refractivity contribution in [3.8, 4) is 34.9 Å². The normalized spacial score (nSPS) is 10.3. The standard InChI is InChI=1S/C15H11N3O3/c19-12-9-5-4-8-11(12)13-16-14(20)18-15(17-13)21-10-6-2-1-3-7-10/h1-9,19H,(H,16,17,18,20). The Kier molecular flexibility index (Phi) is 3.34. The van der Waals surface area contributed by atoms with Gasteiger partial charge in [-0.2, -0.15) is 9.97 Å². The SMILES string of the molecule is Oc1nc(Oc2ccccc2)nc(-c2ccccc2O)n1. The Labute approximate surface area is 120 Å². The average molecular weight is 281 g/mol. The number of aromatic nitrogens is 3. The van der Waals surface area contributed by atoms with E-state index in [1.165, 1.54) is 6.07 Å². The first kappa shape index (κ1) is 12.9. The molecule has 2 aromatic carbocycles. The van der Waals surface area contributed by atoms with Gasteiger partial charge in [-0.25, -0.2) is 0 Å². The number of hydrogen-bond acceptors (Lipinski definition) is 6. The van der Waals surface area contributed by atoms with Crippen LogP contribution in [-0.2, 0) is 0 Å².